The van der Waals surface area contributed by atoms with Gasteiger partial charge in [0.15, 0.2) is 0 Å². The van der Waals surface area contributed by atoms with Crippen LogP contribution in [0.1, 0.15) is 10.6 Å². The summed E-state index contributed by atoms with van der Waals surface area (Å²) in [5.74, 6) is 0.188. The molecule has 2 heterocycles. The van der Waals surface area contributed by atoms with E-state index >= 15 is 0 Å². The molecule has 0 unspecified atom stereocenters. The fourth-order valence-corrected chi connectivity index (χ4v) is 1.78. The van der Waals surface area contributed by atoms with Crippen molar-refractivity contribution in [3.8, 4) is 0 Å². The van der Waals surface area contributed by atoms with Crippen molar-refractivity contribution in [1.82, 2.24) is 19.8 Å². The van der Waals surface area contributed by atoms with Gasteiger partial charge >= 0.3 is 0 Å². The summed E-state index contributed by atoms with van der Waals surface area (Å²) in [4.78, 5) is 24.0. The molecule has 1 aromatic heterocycles. The maximum Gasteiger partial charge on any atom is 0.291 e. The quantitative estimate of drug-likeness (QED) is 0.759. The zero-order chi connectivity index (χ0) is 11.5. The molecule has 2 rings (SSSR count). The molecular formula is C10H13BrN4O. The molecule has 0 atom stereocenters. The fraction of sp³-hybridized carbons (Fsp3) is 0.500. The van der Waals surface area contributed by atoms with E-state index in [0.29, 0.717) is 0 Å². The Kier molecular flexibility index (Phi) is 3.50. The molecule has 1 aliphatic rings. The molecule has 0 radical (unpaired) electrons. The van der Waals surface area contributed by atoms with E-state index in [1.54, 1.807) is 17.3 Å². The molecule has 1 aliphatic heterocycles. The van der Waals surface area contributed by atoms with Crippen molar-refractivity contribution in [1.29, 1.82) is 0 Å². The summed E-state index contributed by atoms with van der Waals surface area (Å²) in [7, 11) is 2.05. The average molecular weight is 285 g/mol. The number of hydrogen-bond donors (Lipinski definition) is 0. The summed E-state index contributed by atoms with van der Waals surface area (Å²) < 4.78 is 0.780. The van der Waals surface area contributed by atoms with Crippen molar-refractivity contribution in [3.05, 3.63) is 22.7 Å². The highest BCUT2D eigenvalue weighted by Crippen LogP contribution is 2.07. The van der Waals surface area contributed by atoms with E-state index in [1.165, 1.54) is 0 Å². The zero-order valence-electron chi connectivity index (χ0n) is 9.06. The molecule has 0 saturated carbocycles. The lowest BCUT2D eigenvalue weighted by Gasteiger charge is -2.31. The number of hydrogen-bond acceptors (Lipinski definition) is 4. The van der Waals surface area contributed by atoms with Crippen LogP contribution in [-0.4, -0.2) is 58.9 Å². The second kappa shape index (κ2) is 4.88. The van der Waals surface area contributed by atoms with Gasteiger partial charge in [0.05, 0.1) is 4.47 Å². The van der Waals surface area contributed by atoms with Crippen molar-refractivity contribution >= 4 is 21.8 Å². The zero-order valence-corrected chi connectivity index (χ0v) is 10.6. The van der Waals surface area contributed by atoms with Crippen LogP contribution in [0, 0.1) is 0 Å². The predicted octanol–water partition coefficient (Wildman–Crippen LogP) is 0.627. The Morgan fingerprint density at radius 1 is 1.25 bits per heavy atom. The van der Waals surface area contributed by atoms with Gasteiger partial charge in [0.25, 0.3) is 5.91 Å². The molecule has 0 spiro atoms. The summed E-state index contributed by atoms with van der Waals surface area (Å²) in [6.45, 7) is 3.30. The molecule has 6 heteroatoms. The smallest absolute Gasteiger partial charge is 0.291 e. The van der Waals surface area contributed by atoms with Crippen molar-refractivity contribution in [2.45, 2.75) is 0 Å². The Labute approximate surface area is 103 Å². The van der Waals surface area contributed by atoms with E-state index < -0.39 is 0 Å². The number of piperazine rings is 1. The first-order valence-corrected chi connectivity index (χ1v) is 5.91. The monoisotopic (exact) mass is 284 g/mol. The Hall–Kier alpha value is -1.01. The molecule has 1 saturated heterocycles. The second-order valence-corrected chi connectivity index (χ2v) is 4.74. The van der Waals surface area contributed by atoms with Crippen molar-refractivity contribution in [2.24, 2.45) is 0 Å². The Morgan fingerprint density at radius 3 is 2.38 bits per heavy atom. The Morgan fingerprint density at radius 2 is 1.81 bits per heavy atom. The molecule has 0 bridgehead atoms. The molecule has 16 heavy (non-hydrogen) atoms. The molecule has 0 aliphatic carbocycles. The molecule has 1 amide bonds. The molecular weight excluding hydrogens is 272 g/mol. The highest BCUT2D eigenvalue weighted by atomic mass is 79.9. The normalized spacial score (nSPS) is 17.5. The number of rotatable bonds is 1. The number of nitrogens with zero attached hydrogens (tertiary/aromatic N) is 4. The maximum atomic E-state index is 12.0. The molecule has 0 aromatic carbocycles. The molecule has 1 aromatic rings. The predicted molar refractivity (Wildman–Crippen MR) is 63.1 cm³/mol. The van der Waals surface area contributed by atoms with Gasteiger partial charge in [-0.25, -0.2) is 9.97 Å². The molecule has 0 N–H and O–H groups in total. The van der Waals surface area contributed by atoms with Gasteiger partial charge in [0.1, 0.15) is 0 Å². The van der Waals surface area contributed by atoms with Crippen LogP contribution >= 0.6 is 15.9 Å². The number of amides is 1. The number of likely N-dealkylation sites (N-methyl/N-ethyl adjacent to an activating group) is 1. The van der Waals surface area contributed by atoms with Crippen molar-refractivity contribution < 1.29 is 4.79 Å². The van der Waals surface area contributed by atoms with E-state index in [2.05, 4.69) is 37.8 Å². The third-order valence-electron chi connectivity index (χ3n) is 2.60. The Balaban J connectivity index is 2.05. The third kappa shape index (κ3) is 2.56. The summed E-state index contributed by atoms with van der Waals surface area (Å²) in [6, 6.07) is 0. The van der Waals surface area contributed by atoms with Crippen LogP contribution in [0.3, 0.4) is 0 Å². The fourth-order valence-electron chi connectivity index (χ4n) is 1.57. The number of carbonyl (C=O) groups is 1. The lowest BCUT2D eigenvalue weighted by molar-refractivity contribution is 0.0651. The van der Waals surface area contributed by atoms with E-state index in [4.69, 9.17) is 0 Å². The third-order valence-corrected chi connectivity index (χ3v) is 3.01. The first-order chi connectivity index (χ1) is 7.66. The van der Waals surface area contributed by atoms with Gasteiger partial charge in [-0.1, -0.05) is 0 Å². The Bertz CT molecular complexity index is 373. The minimum atomic E-state index is -0.0828. The first kappa shape index (κ1) is 11.5. The van der Waals surface area contributed by atoms with Crippen LogP contribution in [0.4, 0.5) is 0 Å². The average Bonchev–Trinajstić information content (AvgIpc) is 2.30. The number of halogens is 1. The summed E-state index contributed by atoms with van der Waals surface area (Å²) in [6.07, 6.45) is 3.19. The van der Waals surface area contributed by atoms with Crippen LogP contribution in [-0.2, 0) is 0 Å². The standard InChI is InChI=1S/C10H13BrN4O/c1-14-2-4-15(5-3-14)10(16)9-12-6-8(11)7-13-9/h6-7H,2-5H2,1H3. The number of aromatic nitrogens is 2. The first-order valence-electron chi connectivity index (χ1n) is 5.12. The topological polar surface area (TPSA) is 49.3 Å². The van der Waals surface area contributed by atoms with Gasteiger partial charge in [-0.2, -0.15) is 0 Å². The van der Waals surface area contributed by atoms with Crippen LogP contribution in [0.2, 0.25) is 0 Å². The van der Waals surface area contributed by atoms with E-state index in [1.807, 2.05) is 0 Å². The lowest BCUT2D eigenvalue weighted by atomic mass is 10.3. The molecule has 5 nitrogen and oxygen atoms in total. The van der Waals surface area contributed by atoms with Crippen molar-refractivity contribution in [2.75, 3.05) is 33.2 Å². The second-order valence-electron chi connectivity index (χ2n) is 3.82. The van der Waals surface area contributed by atoms with E-state index in [0.717, 1.165) is 30.7 Å². The minimum absolute atomic E-state index is 0.0828. The lowest BCUT2D eigenvalue weighted by Crippen LogP contribution is -2.47. The van der Waals surface area contributed by atoms with Crippen LogP contribution in [0.5, 0.6) is 0 Å². The van der Waals surface area contributed by atoms with Gasteiger partial charge in [0.2, 0.25) is 5.82 Å². The van der Waals surface area contributed by atoms with Crippen LogP contribution in [0.25, 0.3) is 0 Å². The van der Waals surface area contributed by atoms with E-state index in [9.17, 15) is 4.79 Å². The van der Waals surface area contributed by atoms with Gasteiger partial charge < -0.3 is 9.80 Å². The van der Waals surface area contributed by atoms with Crippen molar-refractivity contribution in [3.63, 3.8) is 0 Å². The van der Waals surface area contributed by atoms with Crippen LogP contribution < -0.4 is 0 Å². The summed E-state index contributed by atoms with van der Waals surface area (Å²) in [5, 5.41) is 0. The summed E-state index contributed by atoms with van der Waals surface area (Å²) >= 11 is 3.24. The number of carbonyl (C=O) groups excluding carboxylic acids is 1. The van der Waals surface area contributed by atoms with E-state index in [-0.39, 0.29) is 11.7 Å². The maximum absolute atomic E-state index is 12.0. The van der Waals surface area contributed by atoms with Gasteiger partial charge in [-0.15, -0.1) is 0 Å². The SMILES string of the molecule is CN1CCN(C(=O)c2ncc(Br)cn2)CC1. The summed E-state index contributed by atoms with van der Waals surface area (Å²) in [5.41, 5.74) is 0. The van der Waals surface area contributed by atoms with Gasteiger partial charge in [-0.3, -0.25) is 4.79 Å². The van der Waals surface area contributed by atoms with Crippen LogP contribution in [0.15, 0.2) is 16.9 Å². The van der Waals surface area contributed by atoms with Gasteiger partial charge in [-0.05, 0) is 23.0 Å². The molecule has 1 fully saturated rings. The minimum Gasteiger partial charge on any atom is -0.333 e. The highest BCUT2D eigenvalue weighted by molar-refractivity contribution is 9.10. The molecule has 86 valence electrons. The van der Waals surface area contributed by atoms with Gasteiger partial charge in [0, 0.05) is 38.6 Å². The highest BCUT2D eigenvalue weighted by Gasteiger charge is 2.21. The largest absolute Gasteiger partial charge is 0.333 e.